The number of aryl methyl sites for hydroxylation is 1. The number of ether oxygens (including phenoxy) is 2. The second kappa shape index (κ2) is 11.3. The van der Waals surface area contributed by atoms with Crippen molar-refractivity contribution in [1.82, 2.24) is 9.88 Å². The molecule has 0 saturated carbocycles. The van der Waals surface area contributed by atoms with Crippen molar-refractivity contribution in [2.75, 3.05) is 13.2 Å². The van der Waals surface area contributed by atoms with Gasteiger partial charge in [-0.05, 0) is 73.7 Å². The average molecular weight is 505 g/mol. The molecule has 0 fully saturated rings. The minimum atomic E-state index is -0.859. The van der Waals surface area contributed by atoms with Gasteiger partial charge in [-0.1, -0.05) is 19.9 Å². The van der Waals surface area contributed by atoms with Crippen molar-refractivity contribution in [2.45, 2.75) is 46.7 Å². The maximum Gasteiger partial charge on any atom is 0.290 e. The summed E-state index contributed by atoms with van der Waals surface area (Å²) in [7, 11) is 0. The summed E-state index contributed by atoms with van der Waals surface area (Å²) in [6.45, 7) is 8.97. The summed E-state index contributed by atoms with van der Waals surface area (Å²) in [6, 6.07) is 11.3. The highest BCUT2D eigenvalue weighted by Crippen LogP contribution is 2.42. The number of nitrogens with zero attached hydrogens (tertiary/aromatic N) is 2. The van der Waals surface area contributed by atoms with Crippen LogP contribution >= 0.6 is 0 Å². The fourth-order valence-electron chi connectivity index (χ4n) is 4.26. The Morgan fingerprint density at radius 3 is 2.51 bits per heavy atom. The van der Waals surface area contributed by atoms with Crippen LogP contribution in [0.3, 0.4) is 0 Å². The highest BCUT2D eigenvalue weighted by molar-refractivity contribution is 6.15. The lowest BCUT2D eigenvalue weighted by Gasteiger charge is -2.27. The molecular formula is C29H32N2O6. The lowest BCUT2D eigenvalue weighted by atomic mass is 9.94. The molecule has 37 heavy (non-hydrogen) atoms. The number of amides is 1. The van der Waals surface area contributed by atoms with Crippen LogP contribution in [0.4, 0.5) is 0 Å². The number of furan rings is 1. The van der Waals surface area contributed by atoms with Gasteiger partial charge in [0.05, 0.1) is 24.8 Å². The first-order valence-electron chi connectivity index (χ1n) is 12.4. The van der Waals surface area contributed by atoms with E-state index in [2.05, 4.69) is 18.8 Å². The summed E-state index contributed by atoms with van der Waals surface area (Å²) >= 11 is 0. The van der Waals surface area contributed by atoms with E-state index in [4.69, 9.17) is 13.9 Å². The van der Waals surface area contributed by atoms with Crippen molar-refractivity contribution in [3.05, 3.63) is 88.8 Å². The molecule has 3 aromatic rings. The van der Waals surface area contributed by atoms with Crippen molar-refractivity contribution >= 4 is 11.7 Å². The summed E-state index contributed by atoms with van der Waals surface area (Å²) in [5.41, 5.74) is 1.38. The third kappa shape index (κ3) is 5.69. The second-order valence-corrected chi connectivity index (χ2v) is 9.36. The Balaban J connectivity index is 1.76. The maximum absolute atomic E-state index is 13.5. The quantitative estimate of drug-likeness (QED) is 0.340. The van der Waals surface area contributed by atoms with E-state index in [1.807, 2.05) is 6.92 Å². The summed E-state index contributed by atoms with van der Waals surface area (Å²) in [5.74, 6) is 0.424. The Morgan fingerprint density at radius 1 is 1.11 bits per heavy atom. The van der Waals surface area contributed by atoms with Gasteiger partial charge in [-0.25, -0.2) is 0 Å². The van der Waals surface area contributed by atoms with E-state index >= 15 is 0 Å². The molecular weight excluding hydrogens is 472 g/mol. The van der Waals surface area contributed by atoms with Crippen LogP contribution in [0.15, 0.2) is 70.6 Å². The van der Waals surface area contributed by atoms with Gasteiger partial charge in [0.25, 0.3) is 5.91 Å². The predicted molar refractivity (Wildman–Crippen MR) is 138 cm³/mol. The maximum atomic E-state index is 13.5. The van der Waals surface area contributed by atoms with Crippen LogP contribution < -0.4 is 9.47 Å². The number of Topliss-reactive ketones (excluding diaryl/α,β-unsaturated/α-hetero) is 1. The third-order valence-electron chi connectivity index (χ3n) is 6.15. The molecule has 1 aliphatic rings. The molecule has 1 atom stereocenters. The number of rotatable bonds is 11. The van der Waals surface area contributed by atoms with Gasteiger partial charge >= 0.3 is 0 Å². The normalized spacial score (nSPS) is 15.5. The first-order chi connectivity index (χ1) is 17.8. The lowest BCUT2D eigenvalue weighted by Crippen LogP contribution is -2.30. The first-order valence-corrected chi connectivity index (χ1v) is 12.4. The van der Waals surface area contributed by atoms with Gasteiger partial charge in [-0.2, -0.15) is 0 Å². The molecule has 1 N–H and O–H groups in total. The Morgan fingerprint density at radius 2 is 1.86 bits per heavy atom. The fraction of sp³-hybridized carbons (Fsp3) is 0.345. The number of hydrogen-bond donors (Lipinski definition) is 1. The molecule has 2 aromatic heterocycles. The molecule has 0 saturated heterocycles. The van der Waals surface area contributed by atoms with Crippen LogP contribution in [0, 0.1) is 12.8 Å². The van der Waals surface area contributed by atoms with Crippen molar-refractivity contribution in [1.29, 1.82) is 0 Å². The van der Waals surface area contributed by atoms with Crippen LogP contribution in [0.25, 0.3) is 0 Å². The smallest absolute Gasteiger partial charge is 0.290 e. The van der Waals surface area contributed by atoms with Crippen LogP contribution in [-0.4, -0.2) is 39.9 Å². The molecule has 1 aromatic carbocycles. The molecule has 1 aliphatic heterocycles. The topological polar surface area (TPSA) is 102 Å². The third-order valence-corrected chi connectivity index (χ3v) is 6.15. The second-order valence-electron chi connectivity index (χ2n) is 9.36. The molecule has 194 valence electrons. The van der Waals surface area contributed by atoms with Crippen molar-refractivity contribution < 1.29 is 28.6 Å². The van der Waals surface area contributed by atoms with Gasteiger partial charge in [0, 0.05) is 18.9 Å². The zero-order valence-corrected chi connectivity index (χ0v) is 21.6. The number of carbonyl (C=O) groups excluding carboxylic acids is 2. The highest BCUT2D eigenvalue weighted by atomic mass is 16.5. The zero-order chi connectivity index (χ0) is 26.5. The molecule has 8 nitrogen and oxygen atoms in total. The Kier molecular flexibility index (Phi) is 7.96. The van der Waals surface area contributed by atoms with E-state index < -0.39 is 23.5 Å². The molecule has 0 radical (unpaired) electrons. The number of hydrogen-bond acceptors (Lipinski definition) is 7. The fourth-order valence-corrected chi connectivity index (χ4v) is 4.26. The monoisotopic (exact) mass is 504 g/mol. The van der Waals surface area contributed by atoms with E-state index in [9.17, 15) is 14.7 Å². The van der Waals surface area contributed by atoms with Crippen molar-refractivity contribution in [3.63, 3.8) is 0 Å². The molecule has 0 aliphatic carbocycles. The SMILES string of the molecule is CCOc1cc(C2C(C(=O)c3ccc(C)o3)=C(O)C(=O)N2Cc2ccncc2)ccc1OCCC(C)C. The molecule has 1 amide bonds. The van der Waals surface area contributed by atoms with Gasteiger partial charge in [-0.15, -0.1) is 0 Å². The summed E-state index contributed by atoms with van der Waals surface area (Å²) < 4.78 is 17.4. The summed E-state index contributed by atoms with van der Waals surface area (Å²) in [4.78, 5) is 32.3. The Hall–Kier alpha value is -4.07. The Labute approximate surface area is 216 Å². The standard InChI is InChI=1S/C29H32N2O6/c1-5-35-24-16-21(7-9-22(24)36-15-12-18(2)3)26-25(27(32)23-8-6-19(4)37-23)28(33)29(34)31(26)17-20-10-13-30-14-11-20/h6-11,13-14,16,18,26,33H,5,12,15,17H2,1-4H3. The molecule has 8 heteroatoms. The number of pyridine rings is 1. The molecule has 1 unspecified atom stereocenters. The van der Waals surface area contributed by atoms with Gasteiger partial charge in [0.15, 0.2) is 23.0 Å². The number of carbonyl (C=O) groups is 2. The number of benzene rings is 1. The van der Waals surface area contributed by atoms with E-state index in [1.165, 1.54) is 4.90 Å². The number of aliphatic hydroxyl groups is 1. The number of aromatic nitrogens is 1. The molecule has 0 spiro atoms. The van der Waals surface area contributed by atoms with Crippen LogP contribution in [0.1, 0.15) is 60.7 Å². The largest absolute Gasteiger partial charge is 0.503 e. The predicted octanol–water partition coefficient (Wildman–Crippen LogP) is 5.59. The minimum absolute atomic E-state index is 0.0377. The van der Waals surface area contributed by atoms with Gasteiger partial charge in [0.2, 0.25) is 5.78 Å². The van der Waals surface area contributed by atoms with Crippen molar-refractivity contribution in [2.24, 2.45) is 5.92 Å². The van der Waals surface area contributed by atoms with Gasteiger partial charge in [-0.3, -0.25) is 14.6 Å². The van der Waals surface area contributed by atoms with Crippen LogP contribution in [-0.2, 0) is 11.3 Å². The number of ketones is 1. The molecule has 0 bridgehead atoms. The average Bonchev–Trinajstić information content (AvgIpc) is 3.42. The van der Waals surface area contributed by atoms with Gasteiger partial charge < -0.3 is 23.9 Å². The van der Waals surface area contributed by atoms with Crippen molar-refractivity contribution in [3.8, 4) is 11.5 Å². The zero-order valence-electron chi connectivity index (χ0n) is 21.6. The van der Waals surface area contributed by atoms with Gasteiger partial charge in [0.1, 0.15) is 5.76 Å². The number of aliphatic hydroxyl groups excluding tert-OH is 1. The summed E-state index contributed by atoms with van der Waals surface area (Å²) in [5, 5.41) is 10.9. The highest BCUT2D eigenvalue weighted by Gasteiger charge is 2.44. The Bertz CT molecular complexity index is 1290. The molecule has 4 rings (SSSR count). The van der Waals surface area contributed by atoms with E-state index in [1.54, 1.807) is 61.8 Å². The van der Waals surface area contributed by atoms with E-state index in [-0.39, 0.29) is 17.9 Å². The van der Waals surface area contributed by atoms with E-state index in [0.717, 1.165) is 12.0 Å². The molecule has 3 heterocycles. The van der Waals surface area contributed by atoms with Crippen LogP contribution in [0.2, 0.25) is 0 Å². The first kappa shape index (κ1) is 26.0. The van der Waals surface area contributed by atoms with E-state index in [0.29, 0.717) is 42.0 Å². The van der Waals surface area contributed by atoms with Crippen LogP contribution in [0.5, 0.6) is 11.5 Å². The lowest BCUT2D eigenvalue weighted by molar-refractivity contribution is -0.130. The minimum Gasteiger partial charge on any atom is -0.503 e. The summed E-state index contributed by atoms with van der Waals surface area (Å²) in [6.07, 6.45) is 4.15.